The molecule has 0 aliphatic rings. The van der Waals surface area contributed by atoms with Gasteiger partial charge in [0, 0.05) is 6.04 Å². The quantitative estimate of drug-likeness (QED) is 0.407. The Balaban J connectivity index is 2.47. The SMILES string of the molecule is CCCCCCCC(NN)c1ccc(Cl)c(Cl)c1. The van der Waals surface area contributed by atoms with Crippen LogP contribution in [0.15, 0.2) is 18.2 Å². The largest absolute Gasteiger partial charge is 0.271 e. The number of nitrogens with two attached hydrogens (primary N) is 1. The van der Waals surface area contributed by atoms with Crippen molar-refractivity contribution >= 4 is 23.2 Å². The van der Waals surface area contributed by atoms with Crippen LogP contribution < -0.4 is 11.3 Å². The molecule has 0 saturated carbocycles. The Labute approximate surface area is 120 Å². The number of halogens is 2. The average Bonchev–Trinajstić information content (AvgIpc) is 2.37. The second-order valence-corrected chi connectivity index (χ2v) is 5.41. The van der Waals surface area contributed by atoms with Gasteiger partial charge in [-0.25, -0.2) is 0 Å². The van der Waals surface area contributed by atoms with Crippen LogP contribution in [-0.2, 0) is 0 Å². The summed E-state index contributed by atoms with van der Waals surface area (Å²) in [5.41, 5.74) is 3.95. The van der Waals surface area contributed by atoms with Crippen molar-refractivity contribution in [2.45, 2.75) is 51.5 Å². The molecule has 0 aromatic heterocycles. The zero-order valence-corrected chi connectivity index (χ0v) is 12.4. The monoisotopic (exact) mass is 288 g/mol. The summed E-state index contributed by atoms with van der Waals surface area (Å²) < 4.78 is 0. The van der Waals surface area contributed by atoms with Crippen LogP contribution in [0.4, 0.5) is 0 Å². The molecule has 0 heterocycles. The van der Waals surface area contributed by atoms with E-state index in [0.717, 1.165) is 12.0 Å². The van der Waals surface area contributed by atoms with Gasteiger partial charge in [0.15, 0.2) is 0 Å². The van der Waals surface area contributed by atoms with Gasteiger partial charge in [-0.1, -0.05) is 68.3 Å². The van der Waals surface area contributed by atoms with Gasteiger partial charge in [0.05, 0.1) is 10.0 Å². The maximum absolute atomic E-state index is 6.02. The lowest BCUT2D eigenvalue weighted by molar-refractivity contribution is 0.479. The third kappa shape index (κ3) is 5.15. The van der Waals surface area contributed by atoms with Gasteiger partial charge in [-0.3, -0.25) is 11.3 Å². The first-order chi connectivity index (χ1) is 8.69. The molecule has 0 saturated heterocycles. The topological polar surface area (TPSA) is 38.0 Å². The van der Waals surface area contributed by atoms with E-state index >= 15 is 0 Å². The molecule has 2 nitrogen and oxygen atoms in total. The number of rotatable bonds is 8. The Kier molecular flexibility index (Phi) is 7.68. The van der Waals surface area contributed by atoms with Crippen molar-refractivity contribution in [3.8, 4) is 0 Å². The minimum absolute atomic E-state index is 0.154. The number of hydrogen-bond donors (Lipinski definition) is 2. The highest BCUT2D eigenvalue weighted by Gasteiger charge is 2.10. The van der Waals surface area contributed by atoms with Crippen LogP contribution in [0.3, 0.4) is 0 Å². The van der Waals surface area contributed by atoms with Crippen LogP contribution in [0.5, 0.6) is 0 Å². The van der Waals surface area contributed by atoms with Gasteiger partial charge in [-0.2, -0.15) is 0 Å². The highest BCUT2D eigenvalue weighted by atomic mass is 35.5. The van der Waals surface area contributed by atoms with E-state index in [9.17, 15) is 0 Å². The average molecular weight is 289 g/mol. The Bertz CT molecular complexity index is 356. The predicted molar refractivity (Wildman–Crippen MR) is 79.9 cm³/mol. The van der Waals surface area contributed by atoms with Crippen LogP contribution in [0.2, 0.25) is 10.0 Å². The van der Waals surface area contributed by atoms with Crippen molar-refractivity contribution < 1.29 is 0 Å². The predicted octanol–water partition coefficient (Wildman–Crippen LogP) is 4.86. The van der Waals surface area contributed by atoms with Crippen LogP contribution in [-0.4, -0.2) is 0 Å². The number of nitrogens with one attached hydrogen (secondary N) is 1. The second-order valence-electron chi connectivity index (χ2n) is 4.60. The van der Waals surface area contributed by atoms with Crippen LogP contribution in [0.1, 0.15) is 57.1 Å². The molecule has 4 heteroatoms. The van der Waals surface area contributed by atoms with E-state index in [1.54, 1.807) is 0 Å². The molecule has 1 aromatic carbocycles. The molecule has 0 radical (unpaired) electrons. The molecule has 0 spiro atoms. The molecule has 18 heavy (non-hydrogen) atoms. The summed E-state index contributed by atoms with van der Waals surface area (Å²) >= 11 is 11.9. The Morgan fingerprint density at radius 1 is 1.11 bits per heavy atom. The lowest BCUT2D eigenvalue weighted by atomic mass is 10.0. The van der Waals surface area contributed by atoms with Crippen LogP contribution >= 0.6 is 23.2 Å². The van der Waals surface area contributed by atoms with Crippen LogP contribution in [0.25, 0.3) is 0 Å². The van der Waals surface area contributed by atoms with Crippen molar-refractivity contribution in [1.82, 2.24) is 5.43 Å². The Morgan fingerprint density at radius 2 is 1.83 bits per heavy atom. The summed E-state index contributed by atoms with van der Waals surface area (Å²) in [5.74, 6) is 5.61. The zero-order valence-electron chi connectivity index (χ0n) is 10.9. The van der Waals surface area contributed by atoms with Gasteiger partial charge in [0.1, 0.15) is 0 Å². The molecular formula is C14H22Cl2N2. The molecule has 3 N–H and O–H groups in total. The summed E-state index contributed by atoms with van der Waals surface area (Å²) in [7, 11) is 0. The highest BCUT2D eigenvalue weighted by molar-refractivity contribution is 6.42. The zero-order chi connectivity index (χ0) is 13.4. The minimum atomic E-state index is 0.154. The van der Waals surface area contributed by atoms with Crippen molar-refractivity contribution in [3.05, 3.63) is 33.8 Å². The van der Waals surface area contributed by atoms with Gasteiger partial charge in [0.2, 0.25) is 0 Å². The Hall–Kier alpha value is -0.280. The van der Waals surface area contributed by atoms with E-state index in [1.165, 1.54) is 32.1 Å². The molecule has 1 aromatic rings. The maximum Gasteiger partial charge on any atom is 0.0595 e. The van der Waals surface area contributed by atoms with E-state index in [0.29, 0.717) is 10.0 Å². The van der Waals surface area contributed by atoms with Gasteiger partial charge < -0.3 is 0 Å². The van der Waals surface area contributed by atoms with E-state index in [4.69, 9.17) is 29.0 Å². The molecule has 0 aliphatic heterocycles. The van der Waals surface area contributed by atoms with Crippen molar-refractivity contribution in [2.24, 2.45) is 5.84 Å². The lowest BCUT2D eigenvalue weighted by Crippen LogP contribution is -2.27. The summed E-state index contributed by atoms with van der Waals surface area (Å²) in [4.78, 5) is 0. The van der Waals surface area contributed by atoms with E-state index in [2.05, 4.69) is 12.3 Å². The van der Waals surface area contributed by atoms with Gasteiger partial charge in [-0.05, 0) is 24.1 Å². The summed E-state index contributed by atoms with van der Waals surface area (Å²) in [6, 6.07) is 5.84. The number of hydrazine groups is 1. The molecule has 102 valence electrons. The fourth-order valence-electron chi connectivity index (χ4n) is 2.03. The highest BCUT2D eigenvalue weighted by Crippen LogP contribution is 2.27. The number of benzene rings is 1. The normalized spacial score (nSPS) is 12.7. The third-order valence-corrected chi connectivity index (χ3v) is 3.88. The van der Waals surface area contributed by atoms with Gasteiger partial charge in [0.25, 0.3) is 0 Å². The molecule has 1 rings (SSSR count). The van der Waals surface area contributed by atoms with E-state index in [-0.39, 0.29) is 6.04 Å². The molecule has 0 fully saturated rings. The summed E-state index contributed by atoms with van der Waals surface area (Å²) in [6.45, 7) is 2.22. The lowest BCUT2D eigenvalue weighted by Gasteiger charge is -2.16. The second kappa shape index (κ2) is 8.76. The Morgan fingerprint density at radius 3 is 2.44 bits per heavy atom. The van der Waals surface area contributed by atoms with Crippen molar-refractivity contribution in [3.63, 3.8) is 0 Å². The van der Waals surface area contributed by atoms with E-state index < -0.39 is 0 Å². The smallest absolute Gasteiger partial charge is 0.0595 e. The first-order valence-corrected chi connectivity index (χ1v) is 7.35. The number of hydrogen-bond acceptors (Lipinski definition) is 2. The minimum Gasteiger partial charge on any atom is -0.271 e. The molecule has 0 amide bonds. The van der Waals surface area contributed by atoms with E-state index in [1.807, 2.05) is 18.2 Å². The van der Waals surface area contributed by atoms with Crippen LogP contribution in [0, 0.1) is 0 Å². The molecule has 1 atom stereocenters. The fraction of sp³-hybridized carbons (Fsp3) is 0.571. The first kappa shape index (κ1) is 15.8. The molecule has 1 unspecified atom stereocenters. The standard InChI is InChI=1S/C14H22Cl2N2/c1-2-3-4-5-6-7-14(18-17)11-8-9-12(15)13(16)10-11/h8-10,14,18H,2-7,17H2,1H3. The fourth-order valence-corrected chi connectivity index (χ4v) is 2.33. The van der Waals surface area contributed by atoms with Gasteiger partial charge >= 0.3 is 0 Å². The summed E-state index contributed by atoms with van der Waals surface area (Å²) in [5, 5.41) is 1.17. The molecule has 0 bridgehead atoms. The molecular weight excluding hydrogens is 267 g/mol. The first-order valence-electron chi connectivity index (χ1n) is 6.60. The molecule has 0 aliphatic carbocycles. The summed E-state index contributed by atoms with van der Waals surface area (Å²) in [6.07, 6.45) is 7.34. The number of unbranched alkanes of at least 4 members (excludes halogenated alkanes) is 4. The van der Waals surface area contributed by atoms with Crippen molar-refractivity contribution in [1.29, 1.82) is 0 Å². The van der Waals surface area contributed by atoms with Crippen molar-refractivity contribution in [2.75, 3.05) is 0 Å². The van der Waals surface area contributed by atoms with Gasteiger partial charge in [-0.15, -0.1) is 0 Å². The maximum atomic E-state index is 6.02. The third-order valence-electron chi connectivity index (χ3n) is 3.14.